The summed E-state index contributed by atoms with van der Waals surface area (Å²) in [7, 11) is 1.49. The van der Waals surface area contributed by atoms with Crippen LogP contribution in [0.4, 0.5) is 5.69 Å². The molecule has 0 aliphatic rings. The summed E-state index contributed by atoms with van der Waals surface area (Å²) in [6.45, 7) is -0.115. The highest BCUT2D eigenvalue weighted by Crippen LogP contribution is 2.23. The summed E-state index contributed by atoms with van der Waals surface area (Å²) in [6, 6.07) is 6.58. The molecule has 0 radical (unpaired) electrons. The highest BCUT2D eigenvalue weighted by atomic mass is 16.4. The summed E-state index contributed by atoms with van der Waals surface area (Å²) in [6.07, 6.45) is 0. The summed E-state index contributed by atoms with van der Waals surface area (Å²) < 4.78 is 1.24. The Hall–Kier alpha value is -2.90. The molecule has 2 aromatic rings. The maximum Gasteiger partial charge on any atom is 0.358 e. The average molecular weight is 275 g/mol. The monoisotopic (exact) mass is 275 g/mol. The molecule has 1 aromatic carbocycles. The fraction of sp³-hybridized carbons (Fsp3) is 0.167. The van der Waals surface area contributed by atoms with Crippen molar-refractivity contribution in [2.24, 2.45) is 0 Å². The van der Waals surface area contributed by atoms with Crippen molar-refractivity contribution < 1.29 is 14.7 Å². The number of amides is 1. The Labute approximate surface area is 114 Å². The molecular weight excluding hydrogens is 262 g/mol. The summed E-state index contributed by atoms with van der Waals surface area (Å²) >= 11 is 0. The van der Waals surface area contributed by atoms with Crippen LogP contribution in [0.2, 0.25) is 0 Å². The zero-order chi connectivity index (χ0) is 14.7. The minimum Gasteiger partial charge on any atom is -0.476 e. The summed E-state index contributed by atoms with van der Waals surface area (Å²) in [5.41, 5.74) is 6.78. The third-order valence-electron chi connectivity index (χ3n) is 2.69. The van der Waals surface area contributed by atoms with Gasteiger partial charge in [-0.1, -0.05) is 17.3 Å². The van der Waals surface area contributed by atoms with E-state index < -0.39 is 5.97 Å². The molecule has 4 N–H and O–H groups in total. The SMILES string of the molecule is CNC(=O)Cn1nnc(C(=O)O)c1-c1ccc(N)cc1. The molecule has 104 valence electrons. The maximum absolute atomic E-state index is 11.4. The lowest BCUT2D eigenvalue weighted by Gasteiger charge is -2.06. The van der Waals surface area contributed by atoms with Crippen LogP contribution in [-0.2, 0) is 11.3 Å². The molecule has 1 amide bonds. The van der Waals surface area contributed by atoms with Gasteiger partial charge in [0.25, 0.3) is 0 Å². The van der Waals surface area contributed by atoms with E-state index in [0.29, 0.717) is 11.3 Å². The van der Waals surface area contributed by atoms with Crippen LogP contribution in [0.3, 0.4) is 0 Å². The van der Waals surface area contributed by atoms with Gasteiger partial charge < -0.3 is 16.2 Å². The number of benzene rings is 1. The zero-order valence-electron chi connectivity index (χ0n) is 10.7. The van der Waals surface area contributed by atoms with Gasteiger partial charge in [-0.05, 0) is 12.1 Å². The third-order valence-corrected chi connectivity index (χ3v) is 2.69. The number of likely N-dealkylation sites (N-methyl/N-ethyl adjacent to an activating group) is 1. The van der Waals surface area contributed by atoms with E-state index in [4.69, 9.17) is 10.8 Å². The predicted molar refractivity (Wildman–Crippen MR) is 70.9 cm³/mol. The van der Waals surface area contributed by atoms with Crippen molar-refractivity contribution in [3.63, 3.8) is 0 Å². The Kier molecular flexibility index (Phi) is 3.65. The van der Waals surface area contributed by atoms with Crippen LogP contribution in [0.15, 0.2) is 24.3 Å². The number of hydrogen-bond donors (Lipinski definition) is 3. The molecule has 0 atom stereocenters. The second-order valence-corrected chi connectivity index (χ2v) is 4.04. The molecule has 1 aromatic heterocycles. The maximum atomic E-state index is 11.4. The van der Waals surface area contributed by atoms with E-state index in [1.807, 2.05) is 0 Å². The number of anilines is 1. The second-order valence-electron chi connectivity index (χ2n) is 4.04. The molecule has 2 rings (SSSR count). The number of aromatic nitrogens is 3. The topological polar surface area (TPSA) is 123 Å². The molecule has 0 saturated heterocycles. The first-order valence-corrected chi connectivity index (χ1v) is 5.76. The number of hydrogen-bond acceptors (Lipinski definition) is 5. The minimum absolute atomic E-state index is 0.115. The van der Waals surface area contributed by atoms with Crippen LogP contribution in [0, 0.1) is 0 Å². The number of carboxylic acid groups (broad SMARTS) is 1. The van der Waals surface area contributed by atoms with Crippen molar-refractivity contribution in [1.82, 2.24) is 20.3 Å². The Morgan fingerprint density at radius 3 is 2.55 bits per heavy atom. The molecule has 0 bridgehead atoms. The van der Waals surface area contributed by atoms with Crippen molar-refractivity contribution >= 4 is 17.6 Å². The zero-order valence-corrected chi connectivity index (χ0v) is 10.7. The Morgan fingerprint density at radius 2 is 2.00 bits per heavy atom. The number of nitrogen functional groups attached to an aromatic ring is 1. The molecule has 20 heavy (non-hydrogen) atoms. The third kappa shape index (κ3) is 2.58. The Bertz CT molecular complexity index is 648. The van der Waals surface area contributed by atoms with Gasteiger partial charge in [-0.3, -0.25) is 4.79 Å². The van der Waals surface area contributed by atoms with Crippen LogP contribution in [0.25, 0.3) is 11.3 Å². The smallest absolute Gasteiger partial charge is 0.358 e. The number of carbonyl (C=O) groups excluding carboxylic acids is 1. The number of rotatable bonds is 4. The number of carboxylic acids is 1. The lowest BCUT2D eigenvalue weighted by molar-refractivity contribution is -0.121. The van der Waals surface area contributed by atoms with Gasteiger partial charge in [-0.2, -0.15) is 0 Å². The van der Waals surface area contributed by atoms with Gasteiger partial charge in [-0.25, -0.2) is 9.48 Å². The highest BCUT2D eigenvalue weighted by molar-refractivity contribution is 5.93. The minimum atomic E-state index is -1.21. The van der Waals surface area contributed by atoms with Gasteiger partial charge >= 0.3 is 5.97 Å². The fourth-order valence-corrected chi connectivity index (χ4v) is 1.71. The molecule has 0 saturated carbocycles. The molecule has 0 aliphatic carbocycles. The van der Waals surface area contributed by atoms with Crippen LogP contribution in [0.1, 0.15) is 10.5 Å². The van der Waals surface area contributed by atoms with Gasteiger partial charge in [-0.15, -0.1) is 5.10 Å². The van der Waals surface area contributed by atoms with Gasteiger partial charge in [0.05, 0.1) is 0 Å². The molecule has 0 unspecified atom stereocenters. The standard InChI is InChI=1S/C12H13N5O3/c1-14-9(18)6-17-11(10(12(19)20)15-16-17)7-2-4-8(13)5-3-7/h2-5H,6,13H2,1H3,(H,14,18)(H,19,20). The van der Waals surface area contributed by atoms with Crippen LogP contribution in [-0.4, -0.2) is 39.0 Å². The van der Waals surface area contributed by atoms with E-state index >= 15 is 0 Å². The number of nitrogens with zero attached hydrogens (tertiary/aromatic N) is 3. The molecule has 0 spiro atoms. The first kappa shape index (κ1) is 13.5. The Morgan fingerprint density at radius 1 is 1.35 bits per heavy atom. The Balaban J connectivity index is 2.52. The number of carbonyl (C=O) groups is 2. The van der Waals surface area contributed by atoms with Gasteiger partial charge in [0.15, 0.2) is 5.69 Å². The van der Waals surface area contributed by atoms with Crippen LogP contribution < -0.4 is 11.1 Å². The van der Waals surface area contributed by atoms with Crippen molar-refractivity contribution in [2.45, 2.75) is 6.54 Å². The van der Waals surface area contributed by atoms with E-state index in [1.54, 1.807) is 24.3 Å². The van der Waals surface area contributed by atoms with Crippen molar-refractivity contribution in [3.8, 4) is 11.3 Å². The number of nitrogens with two attached hydrogens (primary N) is 1. The fourth-order valence-electron chi connectivity index (χ4n) is 1.71. The van der Waals surface area contributed by atoms with Crippen molar-refractivity contribution in [3.05, 3.63) is 30.0 Å². The molecule has 1 heterocycles. The van der Waals surface area contributed by atoms with Gasteiger partial charge in [0, 0.05) is 18.3 Å². The predicted octanol–water partition coefficient (Wildman–Crippen LogP) is -0.0285. The normalized spacial score (nSPS) is 10.2. The van der Waals surface area contributed by atoms with E-state index in [9.17, 15) is 9.59 Å². The van der Waals surface area contributed by atoms with Crippen LogP contribution >= 0.6 is 0 Å². The summed E-state index contributed by atoms with van der Waals surface area (Å²) in [5, 5.41) is 18.9. The van der Waals surface area contributed by atoms with Gasteiger partial charge in [0.2, 0.25) is 5.91 Å². The molecular formula is C12H13N5O3. The van der Waals surface area contributed by atoms with Crippen molar-refractivity contribution in [1.29, 1.82) is 0 Å². The quantitative estimate of drug-likeness (QED) is 0.673. The average Bonchev–Trinajstić information content (AvgIpc) is 2.83. The van der Waals surface area contributed by atoms with Crippen LogP contribution in [0.5, 0.6) is 0 Å². The molecule has 8 heteroatoms. The summed E-state index contributed by atoms with van der Waals surface area (Å²) in [5.74, 6) is -1.51. The van der Waals surface area contributed by atoms with E-state index in [-0.39, 0.29) is 23.8 Å². The first-order chi connectivity index (χ1) is 9.52. The largest absolute Gasteiger partial charge is 0.476 e. The number of aromatic carboxylic acids is 1. The lowest BCUT2D eigenvalue weighted by Crippen LogP contribution is -2.24. The molecule has 8 nitrogen and oxygen atoms in total. The number of nitrogens with one attached hydrogen (secondary N) is 1. The van der Waals surface area contributed by atoms with E-state index in [0.717, 1.165) is 0 Å². The molecule has 0 aliphatic heterocycles. The van der Waals surface area contributed by atoms with Crippen molar-refractivity contribution in [2.75, 3.05) is 12.8 Å². The van der Waals surface area contributed by atoms with E-state index in [2.05, 4.69) is 15.6 Å². The lowest BCUT2D eigenvalue weighted by atomic mass is 10.1. The summed E-state index contributed by atoms with van der Waals surface area (Å²) in [4.78, 5) is 22.6. The highest BCUT2D eigenvalue weighted by Gasteiger charge is 2.21. The second kappa shape index (κ2) is 5.39. The van der Waals surface area contributed by atoms with E-state index in [1.165, 1.54) is 11.7 Å². The van der Waals surface area contributed by atoms with Gasteiger partial charge in [0.1, 0.15) is 12.2 Å². The first-order valence-electron chi connectivity index (χ1n) is 5.76. The molecule has 0 fully saturated rings.